The largest absolute Gasteiger partial charge is 0.389 e. The van der Waals surface area contributed by atoms with Crippen LogP contribution in [-0.2, 0) is 0 Å². The van der Waals surface area contributed by atoms with Crippen LogP contribution in [-0.4, -0.2) is 11.2 Å². The third-order valence-corrected chi connectivity index (χ3v) is 1.16. The zero-order chi connectivity index (χ0) is 6.69. The lowest BCUT2D eigenvalue weighted by Gasteiger charge is -2.04. The highest BCUT2D eigenvalue weighted by atomic mass is 16.3. The lowest BCUT2D eigenvalue weighted by molar-refractivity contribution is 0.225. The quantitative estimate of drug-likeness (QED) is 0.530. The number of aliphatic hydroxyl groups is 1. The number of nitroso groups, excluding NO2 is 1. The van der Waals surface area contributed by atoms with Crippen molar-refractivity contribution in [2.75, 3.05) is 0 Å². The third-order valence-electron chi connectivity index (χ3n) is 1.16. The Morgan fingerprint density at radius 1 is 1.78 bits per heavy atom. The van der Waals surface area contributed by atoms with Gasteiger partial charge in [0, 0.05) is 0 Å². The van der Waals surface area contributed by atoms with Gasteiger partial charge in [-0.2, -0.15) is 0 Å². The summed E-state index contributed by atoms with van der Waals surface area (Å²) in [6.07, 6.45) is 4.74. The minimum atomic E-state index is -0.435. The summed E-state index contributed by atoms with van der Waals surface area (Å²) >= 11 is 0. The monoisotopic (exact) mass is 125 g/mol. The zero-order valence-electron chi connectivity index (χ0n) is 4.82. The zero-order valence-corrected chi connectivity index (χ0v) is 4.82. The maximum Gasteiger partial charge on any atom is 0.103 e. The second-order valence-electron chi connectivity index (χ2n) is 1.88. The van der Waals surface area contributed by atoms with Crippen molar-refractivity contribution in [2.24, 2.45) is 5.18 Å². The first-order valence-corrected chi connectivity index (χ1v) is 2.72. The van der Waals surface area contributed by atoms with E-state index in [9.17, 15) is 4.91 Å². The number of nitrogens with zero attached hydrogens (tertiary/aromatic N) is 1. The molecule has 48 valence electrons. The highest BCUT2D eigenvalue weighted by Gasteiger charge is 2.03. The van der Waals surface area contributed by atoms with Crippen LogP contribution in [0.15, 0.2) is 29.1 Å². The number of aliphatic hydroxyl groups excluding tert-OH is 1. The molecule has 1 unspecified atom stereocenters. The SMILES string of the molecule is O=NC1=CCC(O)C=C1. The summed E-state index contributed by atoms with van der Waals surface area (Å²) < 4.78 is 0. The Hall–Kier alpha value is -0.960. The van der Waals surface area contributed by atoms with E-state index in [1.165, 1.54) is 6.08 Å². The Morgan fingerprint density at radius 2 is 2.56 bits per heavy atom. The Kier molecular flexibility index (Phi) is 1.75. The average molecular weight is 125 g/mol. The lowest BCUT2D eigenvalue weighted by atomic mass is 10.1. The van der Waals surface area contributed by atoms with Crippen LogP contribution < -0.4 is 0 Å². The first kappa shape index (κ1) is 6.16. The van der Waals surface area contributed by atoms with Gasteiger partial charge < -0.3 is 5.11 Å². The van der Waals surface area contributed by atoms with Crippen LogP contribution in [0, 0.1) is 4.91 Å². The van der Waals surface area contributed by atoms with E-state index >= 15 is 0 Å². The van der Waals surface area contributed by atoms with Gasteiger partial charge >= 0.3 is 0 Å². The third kappa shape index (κ3) is 1.47. The molecule has 0 heterocycles. The van der Waals surface area contributed by atoms with Gasteiger partial charge in [-0.25, -0.2) is 0 Å². The topological polar surface area (TPSA) is 49.7 Å². The van der Waals surface area contributed by atoms with Crippen molar-refractivity contribution < 1.29 is 5.11 Å². The normalized spacial score (nSPS) is 25.4. The molecule has 0 aromatic heterocycles. The van der Waals surface area contributed by atoms with Crippen LogP contribution >= 0.6 is 0 Å². The van der Waals surface area contributed by atoms with E-state index in [0.29, 0.717) is 12.1 Å². The minimum Gasteiger partial charge on any atom is -0.389 e. The molecule has 1 N–H and O–H groups in total. The molecule has 0 spiro atoms. The van der Waals surface area contributed by atoms with E-state index in [4.69, 9.17) is 5.11 Å². The molecule has 1 rings (SSSR count). The van der Waals surface area contributed by atoms with E-state index in [1.54, 1.807) is 12.2 Å². The number of rotatable bonds is 1. The van der Waals surface area contributed by atoms with Gasteiger partial charge in [-0.15, -0.1) is 4.91 Å². The number of hydrogen-bond acceptors (Lipinski definition) is 3. The predicted molar refractivity (Wildman–Crippen MR) is 33.6 cm³/mol. The Bertz CT molecular complexity index is 172. The average Bonchev–Trinajstić information content (AvgIpc) is 1.90. The molecule has 0 aromatic rings. The van der Waals surface area contributed by atoms with Crippen LogP contribution in [0.5, 0.6) is 0 Å². The summed E-state index contributed by atoms with van der Waals surface area (Å²) in [6, 6.07) is 0. The van der Waals surface area contributed by atoms with Gasteiger partial charge in [-0.1, -0.05) is 12.2 Å². The Labute approximate surface area is 52.7 Å². The van der Waals surface area contributed by atoms with E-state index in [2.05, 4.69) is 5.18 Å². The van der Waals surface area contributed by atoms with Gasteiger partial charge in [0.2, 0.25) is 0 Å². The second kappa shape index (κ2) is 2.55. The fourth-order valence-corrected chi connectivity index (χ4v) is 0.665. The molecule has 3 heteroatoms. The first-order chi connectivity index (χ1) is 4.33. The summed E-state index contributed by atoms with van der Waals surface area (Å²) in [4.78, 5) is 9.82. The van der Waals surface area contributed by atoms with Gasteiger partial charge in [0.15, 0.2) is 0 Å². The molecule has 9 heavy (non-hydrogen) atoms. The predicted octanol–water partition coefficient (Wildman–Crippen LogP) is 0.958. The van der Waals surface area contributed by atoms with Gasteiger partial charge in [0.05, 0.1) is 6.10 Å². The van der Waals surface area contributed by atoms with Crippen LogP contribution in [0.4, 0.5) is 0 Å². The Morgan fingerprint density at radius 3 is 3.00 bits per heavy atom. The summed E-state index contributed by atoms with van der Waals surface area (Å²) in [5, 5.41) is 11.5. The van der Waals surface area contributed by atoms with Crippen molar-refractivity contribution in [2.45, 2.75) is 12.5 Å². The van der Waals surface area contributed by atoms with Crippen LogP contribution in [0.1, 0.15) is 6.42 Å². The molecule has 0 aromatic carbocycles. The highest BCUT2D eigenvalue weighted by Crippen LogP contribution is 2.10. The van der Waals surface area contributed by atoms with Gasteiger partial charge in [-0.05, 0) is 17.7 Å². The molecule has 0 saturated heterocycles. The van der Waals surface area contributed by atoms with E-state index in [1.807, 2.05) is 0 Å². The maximum atomic E-state index is 9.82. The van der Waals surface area contributed by atoms with Gasteiger partial charge in [0.25, 0.3) is 0 Å². The molecule has 0 radical (unpaired) electrons. The fourth-order valence-electron chi connectivity index (χ4n) is 0.665. The molecule has 1 aliphatic rings. The standard InChI is InChI=1S/C6H7NO2/c8-6-3-1-5(7-9)2-4-6/h1-3,6,8H,4H2. The summed E-state index contributed by atoms with van der Waals surface area (Å²) in [7, 11) is 0. The first-order valence-electron chi connectivity index (χ1n) is 2.72. The van der Waals surface area contributed by atoms with E-state index in [0.717, 1.165) is 0 Å². The fraction of sp³-hybridized carbons (Fsp3) is 0.333. The molecular weight excluding hydrogens is 118 g/mol. The second-order valence-corrected chi connectivity index (χ2v) is 1.88. The van der Waals surface area contributed by atoms with Crippen molar-refractivity contribution in [3.63, 3.8) is 0 Å². The molecule has 3 nitrogen and oxygen atoms in total. The molecule has 0 fully saturated rings. The molecule has 0 aliphatic heterocycles. The summed E-state index contributed by atoms with van der Waals surface area (Å²) in [6.45, 7) is 0. The van der Waals surface area contributed by atoms with E-state index in [-0.39, 0.29) is 0 Å². The molecule has 0 bridgehead atoms. The van der Waals surface area contributed by atoms with Crippen LogP contribution in [0.2, 0.25) is 0 Å². The van der Waals surface area contributed by atoms with Crippen molar-refractivity contribution in [1.82, 2.24) is 0 Å². The smallest absolute Gasteiger partial charge is 0.103 e. The Balaban J connectivity index is 2.62. The summed E-state index contributed by atoms with van der Waals surface area (Å²) in [5.74, 6) is 0. The lowest BCUT2D eigenvalue weighted by Crippen LogP contribution is -2.02. The number of allylic oxidation sites excluding steroid dienone is 1. The van der Waals surface area contributed by atoms with Crippen LogP contribution in [0.3, 0.4) is 0 Å². The molecular formula is C6H7NO2. The molecule has 1 aliphatic carbocycles. The molecule has 1 atom stereocenters. The van der Waals surface area contributed by atoms with Gasteiger partial charge in [0.1, 0.15) is 5.70 Å². The maximum absolute atomic E-state index is 9.82. The highest BCUT2D eigenvalue weighted by molar-refractivity contribution is 5.22. The minimum absolute atomic E-state index is 0.403. The van der Waals surface area contributed by atoms with Crippen molar-refractivity contribution in [3.05, 3.63) is 28.8 Å². The molecule has 0 amide bonds. The van der Waals surface area contributed by atoms with Crippen molar-refractivity contribution in [3.8, 4) is 0 Å². The van der Waals surface area contributed by atoms with E-state index < -0.39 is 6.10 Å². The van der Waals surface area contributed by atoms with Crippen molar-refractivity contribution >= 4 is 0 Å². The van der Waals surface area contributed by atoms with Crippen LogP contribution in [0.25, 0.3) is 0 Å². The van der Waals surface area contributed by atoms with Gasteiger partial charge in [-0.3, -0.25) is 0 Å². The summed E-state index contributed by atoms with van der Waals surface area (Å²) in [5.41, 5.74) is 0.403. The number of hydrogen-bond donors (Lipinski definition) is 1. The van der Waals surface area contributed by atoms with Crippen molar-refractivity contribution in [1.29, 1.82) is 0 Å². The molecule has 0 saturated carbocycles.